The molecule has 2 aromatic carbocycles. The van der Waals surface area contributed by atoms with Crippen LogP contribution in [0, 0.1) is 0 Å². The standard InChI is InChI=1S/C19H20N4O2S/c1-24-17-10-15-16(11-18(17)25-2)22-14-9-12(5-6-13(14)21-15)20-19(26)23-7-3-4-8-23/h5-6,9-11H,3-4,7-8H2,1-2H3,(H,20,26). The van der Waals surface area contributed by atoms with E-state index in [1.54, 1.807) is 14.2 Å². The number of hydrogen-bond acceptors (Lipinski definition) is 5. The summed E-state index contributed by atoms with van der Waals surface area (Å²) in [6.07, 6.45) is 2.39. The highest BCUT2D eigenvalue weighted by Gasteiger charge is 2.15. The van der Waals surface area contributed by atoms with E-state index in [-0.39, 0.29) is 0 Å². The van der Waals surface area contributed by atoms with Gasteiger partial charge in [0.05, 0.1) is 36.3 Å². The number of likely N-dealkylation sites (tertiary alicyclic amines) is 1. The van der Waals surface area contributed by atoms with E-state index in [9.17, 15) is 0 Å². The van der Waals surface area contributed by atoms with Crippen molar-refractivity contribution in [1.29, 1.82) is 0 Å². The Bertz CT molecular complexity index is 986. The molecule has 4 rings (SSSR count). The molecule has 0 radical (unpaired) electrons. The minimum Gasteiger partial charge on any atom is -0.493 e. The Morgan fingerprint density at radius 2 is 1.50 bits per heavy atom. The predicted molar refractivity (Wildman–Crippen MR) is 107 cm³/mol. The molecule has 0 aliphatic carbocycles. The van der Waals surface area contributed by atoms with Crippen LogP contribution >= 0.6 is 12.2 Å². The van der Waals surface area contributed by atoms with Gasteiger partial charge in [-0.3, -0.25) is 0 Å². The summed E-state index contributed by atoms with van der Waals surface area (Å²) in [6.45, 7) is 2.04. The Morgan fingerprint density at radius 1 is 0.923 bits per heavy atom. The number of nitrogens with zero attached hydrogens (tertiary/aromatic N) is 3. The van der Waals surface area contributed by atoms with Crippen molar-refractivity contribution in [1.82, 2.24) is 14.9 Å². The summed E-state index contributed by atoms with van der Waals surface area (Å²) in [4.78, 5) is 11.6. The van der Waals surface area contributed by atoms with E-state index in [0.717, 1.165) is 46.0 Å². The molecule has 2 heterocycles. The molecule has 3 aromatic rings. The number of ether oxygens (including phenoxy) is 2. The minimum atomic E-state index is 0.637. The number of aromatic nitrogens is 2. The molecule has 7 heteroatoms. The van der Waals surface area contributed by atoms with Gasteiger partial charge in [-0.2, -0.15) is 0 Å². The zero-order valence-corrected chi connectivity index (χ0v) is 15.6. The van der Waals surface area contributed by atoms with Gasteiger partial charge >= 0.3 is 0 Å². The third-order valence-electron chi connectivity index (χ3n) is 4.58. The summed E-state index contributed by atoms with van der Waals surface area (Å²) in [7, 11) is 3.22. The van der Waals surface area contributed by atoms with Crippen LogP contribution in [0.3, 0.4) is 0 Å². The zero-order valence-electron chi connectivity index (χ0n) is 14.8. The molecule has 0 spiro atoms. The smallest absolute Gasteiger partial charge is 0.173 e. The number of nitrogens with one attached hydrogen (secondary N) is 1. The summed E-state index contributed by atoms with van der Waals surface area (Å²) in [5.41, 5.74) is 4.07. The topological polar surface area (TPSA) is 59.5 Å². The van der Waals surface area contributed by atoms with E-state index in [4.69, 9.17) is 31.7 Å². The summed E-state index contributed by atoms with van der Waals surface area (Å²) < 4.78 is 10.7. The molecule has 6 nitrogen and oxygen atoms in total. The maximum atomic E-state index is 5.50. The van der Waals surface area contributed by atoms with Gasteiger partial charge in [-0.1, -0.05) is 0 Å². The number of benzene rings is 2. The van der Waals surface area contributed by atoms with Crippen LogP contribution in [-0.2, 0) is 0 Å². The molecule has 1 saturated heterocycles. The van der Waals surface area contributed by atoms with Crippen LogP contribution in [0.1, 0.15) is 12.8 Å². The SMILES string of the molecule is COc1cc2nc3ccc(NC(=S)N4CCCC4)cc3nc2cc1OC. The predicted octanol–water partition coefficient (Wildman–Crippen LogP) is 3.59. The van der Waals surface area contributed by atoms with Crippen LogP contribution in [0.25, 0.3) is 22.1 Å². The van der Waals surface area contributed by atoms with Crippen LogP contribution in [0.5, 0.6) is 11.5 Å². The molecule has 1 N–H and O–H groups in total. The summed E-state index contributed by atoms with van der Waals surface area (Å²) in [5, 5.41) is 4.08. The van der Waals surface area contributed by atoms with Gasteiger partial charge in [0.1, 0.15) is 0 Å². The van der Waals surface area contributed by atoms with Gasteiger partial charge in [-0.05, 0) is 43.3 Å². The molecule has 134 valence electrons. The first-order valence-electron chi connectivity index (χ1n) is 8.57. The van der Waals surface area contributed by atoms with E-state index < -0.39 is 0 Å². The van der Waals surface area contributed by atoms with Crippen molar-refractivity contribution in [3.8, 4) is 11.5 Å². The highest BCUT2D eigenvalue weighted by Crippen LogP contribution is 2.31. The first kappa shape index (κ1) is 16.8. The van der Waals surface area contributed by atoms with E-state index in [0.29, 0.717) is 11.5 Å². The van der Waals surface area contributed by atoms with Gasteiger partial charge < -0.3 is 19.7 Å². The Labute approximate surface area is 157 Å². The fourth-order valence-corrected chi connectivity index (χ4v) is 3.50. The van der Waals surface area contributed by atoms with Gasteiger partial charge in [0.2, 0.25) is 0 Å². The van der Waals surface area contributed by atoms with Crippen molar-refractivity contribution in [3.63, 3.8) is 0 Å². The van der Waals surface area contributed by atoms with Crippen molar-refractivity contribution in [3.05, 3.63) is 30.3 Å². The van der Waals surface area contributed by atoms with Crippen molar-refractivity contribution in [2.45, 2.75) is 12.8 Å². The first-order chi connectivity index (χ1) is 12.7. The molecule has 1 fully saturated rings. The average Bonchev–Trinajstić information content (AvgIpc) is 3.20. The molecule has 0 unspecified atom stereocenters. The fraction of sp³-hybridized carbons (Fsp3) is 0.316. The van der Waals surface area contributed by atoms with Gasteiger partial charge in [0.15, 0.2) is 16.6 Å². The summed E-state index contributed by atoms with van der Waals surface area (Å²) in [6, 6.07) is 9.59. The zero-order chi connectivity index (χ0) is 18.1. The molecule has 1 aliphatic rings. The van der Waals surface area contributed by atoms with Crippen LogP contribution in [0.15, 0.2) is 30.3 Å². The van der Waals surface area contributed by atoms with Crippen LogP contribution in [-0.4, -0.2) is 47.3 Å². The first-order valence-corrected chi connectivity index (χ1v) is 8.98. The number of fused-ring (bicyclic) bond motifs is 2. The van der Waals surface area contributed by atoms with Gasteiger partial charge in [-0.15, -0.1) is 0 Å². The van der Waals surface area contributed by atoms with Crippen molar-refractivity contribution < 1.29 is 9.47 Å². The Hall–Kier alpha value is -2.67. The molecular formula is C19H20N4O2S. The maximum absolute atomic E-state index is 5.50. The van der Waals surface area contributed by atoms with E-state index in [2.05, 4.69) is 10.2 Å². The van der Waals surface area contributed by atoms with Gasteiger partial charge in [0, 0.05) is 30.9 Å². The average molecular weight is 368 g/mol. The molecule has 0 saturated carbocycles. The van der Waals surface area contributed by atoms with Crippen LogP contribution in [0.2, 0.25) is 0 Å². The largest absolute Gasteiger partial charge is 0.493 e. The Balaban J connectivity index is 1.70. The fourth-order valence-electron chi connectivity index (χ4n) is 3.20. The van der Waals surface area contributed by atoms with Crippen molar-refractivity contribution in [2.75, 3.05) is 32.6 Å². The number of methoxy groups -OCH3 is 2. The van der Waals surface area contributed by atoms with Crippen LogP contribution < -0.4 is 14.8 Å². The van der Waals surface area contributed by atoms with Crippen molar-refractivity contribution >= 4 is 45.1 Å². The molecule has 0 atom stereocenters. The lowest BCUT2D eigenvalue weighted by molar-refractivity contribution is 0.355. The minimum absolute atomic E-state index is 0.637. The molecular weight excluding hydrogens is 348 g/mol. The second kappa shape index (κ2) is 6.92. The Kier molecular flexibility index (Phi) is 4.46. The monoisotopic (exact) mass is 368 g/mol. The van der Waals surface area contributed by atoms with E-state index in [1.165, 1.54) is 12.8 Å². The summed E-state index contributed by atoms with van der Waals surface area (Å²) >= 11 is 5.50. The number of rotatable bonds is 3. The van der Waals surface area contributed by atoms with E-state index in [1.807, 2.05) is 30.3 Å². The highest BCUT2D eigenvalue weighted by molar-refractivity contribution is 7.80. The molecule has 0 amide bonds. The second-order valence-corrected chi connectivity index (χ2v) is 6.63. The second-order valence-electron chi connectivity index (χ2n) is 6.25. The lowest BCUT2D eigenvalue weighted by atomic mass is 10.2. The number of hydrogen-bond donors (Lipinski definition) is 1. The molecule has 0 bridgehead atoms. The molecule has 1 aromatic heterocycles. The van der Waals surface area contributed by atoms with E-state index >= 15 is 0 Å². The van der Waals surface area contributed by atoms with Gasteiger partial charge in [0.25, 0.3) is 0 Å². The summed E-state index contributed by atoms with van der Waals surface area (Å²) in [5.74, 6) is 1.28. The quantitative estimate of drug-likeness (QED) is 0.560. The van der Waals surface area contributed by atoms with Crippen molar-refractivity contribution in [2.24, 2.45) is 0 Å². The lowest BCUT2D eigenvalue weighted by Gasteiger charge is -2.19. The third kappa shape index (κ3) is 3.10. The molecule has 26 heavy (non-hydrogen) atoms. The lowest BCUT2D eigenvalue weighted by Crippen LogP contribution is -2.31. The van der Waals surface area contributed by atoms with Crippen LogP contribution in [0.4, 0.5) is 5.69 Å². The van der Waals surface area contributed by atoms with Gasteiger partial charge in [-0.25, -0.2) is 9.97 Å². The highest BCUT2D eigenvalue weighted by atomic mass is 32.1. The Morgan fingerprint density at radius 3 is 2.12 bits per heavy atom. The number of thiocarbonyl (C=S) groups is 1. The maximum Gasteiger partial charge on any atom is 0.173 e. The normalized spacial score (nSPS) is 14.0. The third-order valence-corrected chi connectivity index (χ3v) is 4.94. The number of anilines is 1. The molecule has 1 aliphatic heterocycles.